The Morgan fingerprint density at radius 1 is 1.78 bits per heavy atom. The standard InChI is InChI=1S/C6H13NOS/c1-3-4(2)5(7)6(8)9/h4-5H,3,7H2,1-2H3,(H,8,9)/t4-,5?/m0/s1. The van der Waals surface area contributed by atoms with Gasteiger partial charge in [-0.2, -0.15) is 0 Å². The van der Waals surface area contributed by atoms with Crippen molar-refractivity contribution in [3.8, 4) is 0 Å². The highest BCUT2D eigenvalue weighted by Crippen LogP contribution is 2.06. The molecule has 2 atom stereocenters. The van der Waals surface area contributed by atoms with Crippen molar-refractivity contribution in [1.29, 1.82) is 0 Å². The molecule has 0 rings (SSSR count). The van der Waals surface area contributed by atoms with Gasteiger partial charge in [0.05, 0.1) is 6.04 Å². The molecule has 0 bridgehead atoms. The number of nitrogens with two attached hydrogens (primary N) is 1. The maximum absolute atomic E-state index is 10.5. The molecule has 0 fully saturated rings. The summed E-state index contributed by atoms with van der Waals surface area (Å²) < 4.78 is 0. The van der Waals surface area contributed by atoms with Gasteiger partial charge < -0.3 is 5.73 Å². The van der Waals surface area contributed by atoms with Gasteiger partial charge in [-0.3, -0.25) is 4.79 Å². The molecule has 1 unspecified atom stereocenters. The van der Waals surface area contributed by atoms with E-state index in [1.165, 1.54) is 0 Å². The molecule has 0 aliphatic heterocycles. The molecule has 9 heavy (non-hydrogen) atoms. The zero-order valence-corrected chi connectivity index (χ0v) is 6.69. The zero-order chi connectivity index (χ0) is 7.44. The molecule has 0 saturated carbocycles. The van der Waals surface area contributed by atoms with Gasteiger partial charge in [0.2, 0.25) is 5.12 Å². The van der Waals surface area contributed by atoms with E-state index in [0.29, 0.717) is 0 Å². The van der Waals surface area contributed by atoms with Crippen LogP contribution in [0.1, 0.15) is 20.3 Å². The van der Waals surface area contributed by atoms with E-state index in [1.54, 1.807) is 0 Å². The van der Waals surface area contributed by atoms with Crippen molar-refractivity contribution in [2.45, 2.75) is 26.3 Å². The summed E-state index contributed by atoms with van der Waals surface area (Å²) in [4.78, 5) is 10.5. The SMILES string of the molecule is CC[C@H](C)C(N)C(=O)S. The molecule has 0 radical (unpaired) electrons. The molecule has 0 aliphatic carbocycles. The van der Waals surface area contributed by atoms with Crippen molar-refractivity contribution < 1.29 is 4.79 Å². The van der Waals surface area contributed by atoms with Crippen LogP contribution in [0.4, 0.5) is 0 Å². The van der Waals surface area contributed by atoms with Crippen LogP contribution in [0.25, 0.3) is 0 Å². The van der Waals surface area contributed by atoms with Gasteiger partial charge in [-0.15, -0.1) is 12.6 Å². The second kappa shape index (κ2) is 3.90. The number of thiol groups is 1. The number of rotatable bonds is 3. The summed E-state index contributed by atoms with van der Waals surface area (Å²) >= 11 is 3.62. The summed E-state index contributed by atoms with van der Waals surface area (Å²) in [6.45, 7) is 3.94. The maximum atomic E-state index is 10.5. The van der Waals surface area contributed by atoms with Crippen LogP contribution in [0.2, 0.25) is 0 Å². The third-order valence-corrected chi connectivity index (χ3v) is 1.84. The van der Waals surface area contributed by atoms with Gasteiger partial charge in [0, 0.05) is 0 Å². The second-order valence-corrected chi connectivity index (χ2v) is 2.69. The van der Waals surface area contributed by atoms with Crippen LogP contribution < -0.4 is 5.73 Å². The van der Waals surface area contributed by atoms with Gasteiger partial charge in [-0.1, -0.05) is 20.3 Å². The number of hydrogen-bond donors (Lipinski definition) is 2. The predicted octanol–water partition coefficient (Wildman–Crippen LogP) is 0.816. The summed E-state index contributed by atoms with van der Waals surface area (Å²) in [6, 6.07) is -0.390. The topological polar surface area (TPSA) is 43.1 Å². The Morgan fingerprint density at radius 2 is 2.22 bits per heavy atom. The summed E-state index contributed by atoms with van der Waals surface area (Å²) in [5.74, 6) is 0.245. The lowest BCUT2D eigenvalue weighted by Crippen LogP contribution is -2.33. The van der Waals surface area contributed by atoms with E-state index in [2.05, 4.69) is 12.6 Å². The molecule has 2 nitrogen and oxygen atoms in total. The van der Waals surface area contributed by atoms with E-state index in [0.717, 1.165) is 6.42 Å². The van der Waals surface area contributed by atoms with E-state index in [-0.39, 0.29) is 11.0 Å². The van der Waals surface area contributed by atoms with E-state index in [9.17, 15) is 4.79 Å². The summed E-state index contributed by atoms with van der Waals surface area (Å²) in [7, 11) is 0. The largest absolute Gasteiger partial charge is 0.321 e. The number of carbonyl (C=O) groups is 1. The van der Waals surface area contributed by atoms with E-state index in [4.69, 9.17) is 5.73 Å². The fraction of sp³-hybridized carbons (Fsp3) is 0.833. The normalized spacial score (nSPS) is 16.9. The van der Waals surface area contributed by atoms with Gasteiger partial charge in [-0.05, 0) is 5.92 Å². The van der Waals surface area contributed by atoms with Crippen LogP contribution in [0.3, 0.4) is 0 Å². The third-order valence-electron chi connectivity index (χ3n) is 1.54. The first kappa shape index (κ1) is 8.98. The van der Waals surface area contributed by atoms with Crippen LogP contribution in [0.15, 0.2) is 0 Å². The van der Waals surface area contributed by atoms with Crippen molar-refractivity contribution in [2.24, 2.45) is 11.7 Å². The highest BCUT2D eigenvalue weighted by molar-refractivity contribution is 7.96. The van der Waals surface area contributed by atoms with Crippen LogP contribution in [-0.4, -0.2) is 11.2 Å². The molecular formula is C6H13NOS. The van der Waals surface area contributed by atoms with Crippen molar-refractivity contribution >= 4 is 17.7 Å². The average molecular weight is 147 g/mol. The second-order valence-electron chi connectivity index (χ2n) is 2.25. The monoisotopic (exact) mass is 147 g/mol. The highest BCUT2D eigenvalue weighted by Gasteiger charge is 2.15. The molecule has 3 heteroatoms. The van der Waals surface area contributed by atoms with Gasteiger partial charge in [0.1, 0.15) is 0 Å². The van der Waals surface area contributed by atoms with Crippen LogP contribution in [0, 0.1) is 5.92 Å². The molecule has 0 aliphatic rings. The minimum atomic E-state index is -0.390. The molecular weight excluding hydrogens is 134 g/mol. The highest BCUT2D eigenvalue weighted by atomic mass is 32.1. The zero-order valence-electron chi connectivity index (χ0n) is 5.79. The minimum absolute atomic E-state index is 0.218. The molecule has 0 aromatic rings. The fourth-order valence-electron chi connectivity index (χ4n) is 0.497. The molecule has 0 aromatic heterocycles. The van der Waals surface area contributed by atoms with E-state index < -0.39 is 6.04 Å². The molecule has 0 spiro atoms. The Morgan fingerprint density at radius 3 is 2.33 bits per heavy atom. The summed E-state index contributed by atoms with van der Waals surface area (Å²) in [5, 5.41) is -0.218. The van der Waals surface area contributed by atoms with Crippen LogP contribution in [-0.2, 0) is 4.79 Å². The fourth-order valence-corrected chi connectivity index (χ4v) is 0.752. The molecule has 0 saturated heterocycles. The minimum Gasteiger partial charge on any atom is -0.321 e. The Balaban J connectivity index is 3.72. The van der Waals surface area contributed by atoms with Gasteiger partial charge in [-0.25, -0.2) is 0 Å². The Bertz CT molecular complexity index is 105. The van der Waals surface area contributed by atoms with Crippen LogP contribution in [0.5, 0.6) is 0 Å². The summed E-state index contributed by atoms with van der Waals surface area (Å²) in [6.07, 6.45) is 0.924. The molecule has 0 heterocycles. The third kappa shape index (κ3) is 2.87. The number of hydrogen-bond acceptors (Lipinski definition) is 2. The maximum Gasteiger partial charge on any atom is 0.202 e. The first-order chi connectivity index (χ1) is 4.09. The Labute approximate surface area is 61.2 Å². The van der Waals surface area contributed by atoms with Crippen molar-refractivity contribution in [1.82, 2.24) is 0 Å². The lowest BCUT2D eigenvalue weighted by molar-refractivity contribution is -0.112. The molecule has 54 valence electrons. The van der Waals surface area contributed by atoms with E-state index >= 15 is 0 Å². The number of carbonyl (C=O) groups excluding carboxylic acids is 1. The van der Waals surface area contributed by atoms with E-state index in [1.807, 2.05) is 13.8 Å². The van der Waals surface area contributed by atoms with Gasteiger partial charge in [0.15, 0.2) is 0 Å². The van der Waals surface area contributed by atoms with Gasteiger partial charge in [0.25, 0.3) is 0 Å². The first-order valence-corrected chi connectivity index (χ1v) is 3.52. The molecule has 0 aromatic carbocycles. The first-order valence-electron chi connectivity index (χ1n) is 3.08. The average Bonchev–Trinajstić information content (AvgIpc) is 1.84. The van der Waals surface area contributed by atoms with Crippen molar-refractivity contribution in [3.05, 3.63) is 0 Å². The predicted molar refractivity (Wildman–Crippen MR) is 41.4 cm³/mol. The smallest absolute Gasteiger partial charge is 0.202 e. The van der Waals surface area contributed by atoms with Crippen molar-refractivity contribution in [2.75, 3.05) is 0 Å². The Kier molecular flexibility index (Phi) is 3.89. The summed E-state index contributed by atoms with van der Waals surface area (Å²) in [5.41, 5.74) is 5.44. The van der Waals surface area contributed by atoms with Gasteiger partial charge >= 0.3 is 0 Å². The molecule has 2 N–H and O–H groups in total. The van der Waals surface area contributed by atoms with Crippen LogP contribution >= 0.6 is 12.6 Å². The molecule has 0 amide bonds. The lowest BCUT2D eigenvalue weighted by atomic mass is 10.0. The Hall–Kier alpha value is -0.0200. The quantitative estimate of drug-likeness (QED) is 0.580. The lowest BCUT2D eigenvalue weighted by Gasteiger charge is -2.12. The van der Waals surface area contributed by atoms with Crippen molar-refractivity contribution in [3.63, 3.8) is 0 Å².